The van der Waals surface area contributed by atoms with Crippen molar-refractivity contribution in [3.05, 3.63) is 88.1 Å². The first kappa shape index (κ1) is 19.9. The number of benzene rings is 3. The molecule has 0 radical (unpaired) electrons. The highest BCUT2D eigenvalue weighted by Gasteiger charge is 2.09. The maximum atomic E-state index is 13.0. The molecule has 0 aliphatic rings. The number of carbonyl (C=O) groups is 1. The largest absolute Gasteiger partial charge is 0.483 e. The molecule has 6 heteroatoms. The van der Waals surface area contributed by atoms with Gasteiger partial charge in [-0.1, -0.05) is 33.6 Å². The van der Waals surface area contributed by atoms with E-state index in [1.165, 1.54) is 12.1 Å². The third kappa shape index (κ3) is 5.82. The van der Waals surface area contributed by atoms with Gasteiger partial charge >= 0.3 is 0 Å². The Balaban J connectivity index is 1.60. The molecule has 0 aliphatic heterocycles. The van der Waals surface area contributed by atoms with Gasteiger partial charge in [-0.2, -0.15) is 0 Å². The van der Waals surface area contributed by atoms with E-state index in [0.29, 0.717) is 12.3 Å². The molecule has 3 aromatic carbocycles. The van der Waals surface area contributed by atoms with Crippen molar-refractivity contribution in [1.29, 1.82) is 0 Å². The second-order valence-electron chi connectivity index (χ2n) is 6.32. The molecule has 0 spiro atoms. The number of halogens is 2. The van der Waals surface area contributed by atoms with Crippen molar-refractivity contribution in [3.63, 3.8) is 0 Å². The number of anilines is 2. The van der Waals surface area contributed by atoms with Gasteiger partial charge in [0, 0.05) is 28.0 Å². The van der Waals surface area contributed by atoms with Crippen LogP contribution in [0.5, 0.6) is 5.75 Å². The maximum absolute atomic E-state index is 13.0. The lowest BCUT2D eigenvalue weighted by atomic mass is 10.2. The van der Waals surface area contributed by atoms with Crippen LogP contribution in [0.15, 0.2) is 71.2 Å². The Hall–Kier alpha value is -2.86. The van der Waals surface area contributed by atoms with E-state index in [2.05, 4.69) is 26.6 Å². The summed E-state index contributed by atoms with van der Waals surface area (Å²) in [5.74, 6) is 0.0951. The van der Waals surface area contributed by atoms with Gasteiger partial charge in [-0.25, -0.2) is 4.39 Å². The molecule has 0 atom stereocenters. The molecule has 0 bridgehead atoms. The quantitative estimate of drug-likeness (QED) is 0.505. The Bertz CT molecular complexity index is 944. The maximum Gasteiger partial charge on any atom is 0.262 e. The van der Waals surface area contributed by atoms with E-state index in [-0.39, 0.29) is 18.3 Å². The number of ether oxygens (including phenoxy) is 1. The summed E-state index contributed by atoms with van der Waals surface area (Å²) < 4.78 is 19.7. The fourth-order valence-electron chi connectivity index (χ4n) is 2.57. The van der Waals surface area contributed by atoms with Crippen LogP contribution >= 0.6 is 15.9 Å². The van der Waals surface area contributed by atoms with Crippen molar-refractivity contribution >= 4 is 33.2 Å². The highest BCUT2D eigenvalue weighted by Crippen LogP contribution is 2.24. The monoisotopic (exact) mass is 442 g/mol. The molecule has 0 fully saturated rings. The average Bonchev–Trinajstić information content (AvgIpc) is 2.68. The molecule has 0 saturated heterocycles. The third-order valence-corrected chi connectivity index (χ3v) is 4.54. The van der Waals surface area contributed by atoms with Crippen LogP contribution in [0.1, 0.15) is 11.1 Å². The van der Waals surface area contributed by atoms with Gasteiger partial charge in [0.05, 0.1) is 0 Å². The van der Waals surface area contributed by atoms with E-state index in [4.69, 9.17) is 4.74 Å². The molecule has 3 rings (SSSR count). The lowest BCUT2D eigenvalue weighted by Gasteiger charge is -2.14. The Kier molecular flexibility index (Phi) is 6.66. The van der Waals surface area contributed by atoms with E-state index < -0.39 is 0 Å². The first-order valence-corrected chi connectivity index (χ1v) is 9.56. The lowest BCUT2D eigenvalue weighted by Crippen LogP contribution is -2.20. The molecule has 0 heterocycles. The fourth-order valence-corrected chi connectivity index (χ4v) is 2.98. The van der Waals surface area contributed by atoms with Crippen LogP contribution in [0.4, 0.5) is 15.8 Å². The number of aryl methyl sites for hydroxylation is 1. The number of carbonyl (C=O) groups excluding carboxylic acids is 1. The minimum Gasteiger partial charge on any atom is -0.483 e. The van der Waals surface area contributed by atoms with E-state index >= 15 is 0 Å². The summed E-state index contributed by atoms with van der Waals surface area (Å²) in [6.07, 6.45) is 0. The number of hydrogen-bond acceptors (Lipinski definition) is 3. The number of rotatable bonds is 7. The average molecular weight is 443 g/mol. The number of nitrogens with one attached hydrogen (secondary N) is 2. The van der Waals surface area contributed by atoms with Gasteiger partial charge in [0.2, 0.25) is 0 Å². The zero-order valence-electron chi connectivity index (χ0n) is 15.3. The van der Waals surface area contributed by atoms with Crippen molar-refractivity contribution in [3.8, 4) is 5.75 Å². The summed E-state index contributed by atoms with van der Waals surface area (Å²) in [4.78, 5) is 12.2. The van der Waals surface area contributed by atoms with E-state index in [1.807, 2.05) is 49.4 Å². The molecule has 0 unspecified atom stereocenters. The Morgan fingerprint density at radius 3 is 2.39 bits per heavy atom. The summed E-state index contributed by atoms with van der Waals surface area (Å²) in [7, 11) is 0. The van der Waals surface area contributed by atoms with Crippen molar-refractivity contribution in [1.82, 2.24) is 0 Å². The summed E-state index contributed by atoms with van der Waals surface area (Å²) in [6, 6.07) is 19.3. The van der Waals surface area contributed by atoms with E-state index in [1.54, 1.807) is 12.1 Å². The second kappa shape index (κ2) is 9.37. The van der Waals surface area contributed by atoms with Gasteiger partial charge in [-0.3, -0.25) is 4.79 Å². The van der Waals surface area contributed by atoms with Gasteiger partial charge in [-0.15, -0.1) is 0 Å². The van der Waals surface area contributed by atoms with Crippen LogP contribution < -0.4 is 15.4 Å². The Morgan fingerprint density at radius 1 is 1.00 bits per heavy atom. The Morgan fingerprint density at radius 2 is 1.68 bits per heavy atom. The summed E-state index contributed by atoms with van der Waals surface area (Å²) in [6.45, 7) is 2.36. The van der Waals surface area contributed by atoms with Gasteiger partial charge < -0.3 is 15.4 Å². The zero-order valence-corrected chi connectivity index (χ0v) is 16.9. The van der Waals surface area contributed by atoms with Crippen LogP contribution in [0.2, 0.25) is 0 Å². The minimum atomic E-state index is -0.281. The second-order valence-corrected chi connectivity index (χ2v) is 7.23. The molecule has 4 nitrogen and oxygen atoms in total. The number of amides is 1. The van der Waals surface area contributed by atoms with Crippen LogP contribution in [0.25, 0.3) is 0 Å². The molecule has 0 saturated carbocycles. The van der Waals surface area contributed by atoms with Gasteiger partial charge in [0.1, 0.15) is 11.6 Å². The summed E-state index contributed by atoms with van der Waals surface area (Å²) >= 11 is 3.45. The molecule has 28 heavy (non-hydrogen) atoms. The highest BCUT2D eigenvalue weighted by molar-refractivity contribution is 9.10. The predicted octanol–water partition coefficient (Wildman–Crippen LogP) is 5.53. The van der Waals surface area contributed by atoms with E-state index in [0.717, 1.165) is 27.0 Å². The zero-order chi connectivity index (χ0) is 19.9. The highest BCUT2D eigenvalue weighted by atomic mass is 79.9. The van der Waals surface area contributed by atoms with Crippen molar-refractivity contribution in [2.45, 2.75) is 13.5 Å². The standard InChI is InChI=1S/C22H20BrFN2O2/c1-15-2-7-20(8-3-15)26-22(27)14-28-21-11-4-17(23)12-16(21)13-25-19-9-5-18(24)6-10-19/h2-12,25H,13-14H2,1H3,(H,26,27). The molecule has 3 aromatic rings. The first-order valence-electron chi connectivity index (χ1n) is 8.77. The molecular weight excluding hydrogens is 423 g/mol. The number of hydrogen-bond donors (Lipinski definition) is 2. The van der Waals surface area contributed by atoms with Gasteiger partial charge in [0.15, 0.2) is 6.61 Å². The lowest BCUT2D eigenvalue weighted by molar-refractivity contribution is -0.118. The van der Waals surface area contributed by atoms with Crippen molar-refractivity contribution < 1.29 is 13.9 Å². The van der Waals surface area contributed by atoms with E-state index in [9.17, 15) is 9.18 Å². The normalized spacial score (nSPS) is 10.4. The molecular formula is C22H20BrFN2O2. The molecule has 0 aromatic heterocycles. The van der Waals surface area contributed by atoms with Gasteiger partial charge in [-0.05, 0) is 61.5 Å². The van der Waals surface area contributed by atoms with Crippen molar-refractivity contribution in [2.24, 2.45) is 0 Å². The summed E-state index contributed by atoms with van der Waals surface area (Å²) in [5, 5.41) is 6.03. The smallest absolute Gasteiger partial charge is 0.262 e. The Labute approximate surface area is 171 Å². The molecule has 2 N–H and O–H groups in total. The SMILES string of the molecule is Cc1ccc(NC(=O)COc2ccc(Br)cc2CNc2ccc(F)cc2)cc1. The topological polar surface area (TPSA) is 50.4 Å². The van der Waals surface area contributed by atoms with Crippen LogP contribution in [-0.4, -0.2) is 12.5 Å². The van der Waals surface area contributed by atoms with Gasteiger partial charge in [0.25, 0.3) is 5.91 Å². The van der Waals surface area contributed by atoms with Crippen LogP contribution in [0, 0.1) is 12.7 Å². The summed E-state index contributed by atoms with van der Waals surface area (Å²) in [5.41, 5.74) is 3.53. The van der Waals surface area contributed by atoms with Crippen LogP contribution in [0.3, 0.4) is 0 Å². The third-order valence-electron chi connectivity index (χ3n) is 4.04. The minimum absolute atomic E-state index is 0.0982. The van der Waals surface area contributed by atoms with Crippen LogP contribution in [-0.2, 0) is 11.3 Å². The predicted molar refractivity (Wildman–Crippen MR) is 113 cm³/mol. The molecule has 0 aliphatic carbocycles. The fraction of sp³-hybridized carbons (Fsp3) is 0.136. The first-order chi connectivity index (χ1) is 13.5. The van der Waals surface area contributed by atoms with Crippen molar-refractivity contribution in [2.75, 3.05) is 17.2 Å². The molecule has 1 amide bonds. The molecule has 144 valence electrons.